The first kappa shape index (κ1) is 26.2. The van der Waals surface area contributed by atoms with Crippen molar-refractivity contribution in [2.75, 3.05) is 0 Å². The van der Waals surface area contributed by atoms with Crippen LogP contribution < -0.4 is 0 Å². The highest BCUT2D eigenvalue weighted by atomic mass is 32.2. The molecule has 6 heterocycles. The zero-order valence-electron chi connectivity index (χ0n) is 24.4. The first-order chi connectivity index (χ1) is 22.3. The van der Waals surface area contributed by atoms with E-state index in [4.69, 9.17) is 15.0 Å². The summed E-state index contributed by atoms with van der Waals surface area (Å²) in [6, 6.07) is 29.8. The molecule has 0 amide bonds. The van der Waals surface area contributed by atoms with Crippen molar-refractivity contribution in [3.8, 4) is 22.6 Å². The number of hydrogen-bond donors (Lipinski definition) is 0. The molecule has 45 heavy (non-hydrogen) atoms. The predicted octanol–water partition coefficient (Wildman–Crippen LogP) is 9.46. The van der Waals surface area contributed by atoms with E-state index in [2.05, 4.69) is 88.9 Å². The summed E-state index contributed by atoms with van der Waals surface area (Å²) in [4.78, 5) is 25.5. The van der Waals surface area contributed by atoms with Gasteiger partial charge in [0.1, 0.15) is 0 Å². The number of pyridine rings is 4. The lowest BCUT2D eigenvalue weighted by atomic mass is 9.86. The highest BCUT2D eigenvalue weighted by molar-refractivity contribution is 8.00. The Morgan fingerprint density at radius 1 is 0.667 bits per heavy atom. The van der Waals surface area contributed by atoms with Gasteiger partial charge in [0.05, 0.1) is 39.5 Å². The van der Waals surface area contributed by atoms with Gasteiger partial charge in [0.15, 0.2) is 0 Å². The summed E-state index contributed by atoms with van der Waals surface area (Å²) in [5, 5.41) is 2.55. The van der Waals surface area contributed by atoms with Gasteiger partial charge in [-0.05, 0) is 90.1 Å². The normalized spacial score (nSPS) is 17.1. The van der Waals surface area contributed by atoms with E-state index < -0.39 is 0 Å². The Labute approximate surface area is 265 Å². The van der Waals surface area contributed by atoms with Gasteiger partial charge in [-0.1, -0.05) is 54.6 Å². The molecule has 0 saturated heterocycles. The maximum Gasteiger partial charge on any atom is 0.0972 e. The quantitative estimate of drug-likeness (QED) is 0.189. The van der Waals surface area contributed by atoms with Gasteiger partial charge >= 0.3 is 0 Å². The van der Waals surface area contributed by atoms with Crippen LogP contribution in [0.25, 0.3) is 61.3 Å². The number of benzene rings is 2. The summed E-state index contributed by atoms with van der Waals surface area (Å²) in [6.45, 7) is 0. The molecule has 0 spiro atoms. The van der Waals surface area contributed by atoms with E-state index in [9.17, 15) is 0 Å². The number of fused-ring (bicyclic) bond motifs is 6. The molecule has 2 aliphatic heterocycles. The Kier molecular flexibility index (Phi) is 6.27. The van der Waals surface area contributed by atoms with Crippen LogP contribution in [-0.4, -0.2) is 31.4 Å². The summed E-state index contributed by atoms with van der Waals surface area (Å²) in [7, 11) is 0. The van der Waals surface area contributed by atoms with Gasteiger partial charge in [-0.25, -0.2) is 9.97 Å². The first-order valence-corrected chi connectivity index (χ1v) is 16.2. The van der Waals surface area contributed by atoms with Gasteiger partial charge in [0, 0.05) is 45.1 Å². The second-order valence-corrected chi connectivity index (χ2v) is 12.8. The number of hydrogen-bond acceptors (Lipinski definition) is 6. The monoisotopic (exact) mass is 597 g/mol. The Balaban J connectivity index is 1.21. The Morgan fingerprint density at radius 2 is 1.56 bits per heavy atom. The van der Waals surface area contributed by atoms with E-state index in [1.165, 1.54) is 21.6 Å². The Hall–Kier alpha value is -5.20. The van der Waals surface area contributed by atoms with Crippen molar-refractivity contribution in [1.29, 1.82) is 0 Å². The maximum absolute atomic E-state index is 5.15. The van der Waals surface area contributed by atoms with Crippen LogP contribution in [0.1, 0.15) is 36.1 Å². The van der Waals surface area contributed by atoms with Gasteiger partial charge in [-0.3, -0.25) is 15.0 Å². The molecule has 1 atom stereocenters. The van der Waals surface area contributed by atoms with E-state index >= 15 is 0 Å². The summed E-state index contributed by atoms with van der Waals surface area (Å²) in [6.07, 6.45) is 15.4. The highest BCUT2D eigenvalue weighted by Crippen LogP contribution is 2.52. The fourth-order valence-electron chi connectivity index (χ4n) is 6.55. The van der Waals surface area contributed by atoms with Gasteiger partial charge < -0.3 is 0 Å². The van der Waals surface area contributed by atoms with Crippen molar-refractivity contribution < 1.29 is 0 Å². The van der Waals surface area contributed by atoms with Crippen LogP contribution in [-0.2, 0) is 0 Å². The van der Waals surface area contributed by atoms with Crippen LogP contribution in [0.4, 0.5) is 0 Å². The second kappa shape index (κ2) is 10.8. The number of thioether (sulfide) groups is 1. The average Bonchev–Trinajstić information content (AvgIpc) is 3.50. The minimum absolute atomic E-state index is 0.356. The van der Waals surface area contributed by atoms with Gasteiger partial charge in [0.2, 0.25) is 0 Å². The third-order valence-electron chi connectivity index (χ3n) is 8.70. The number of nitrogens with zero attached hydrogens (tertiary/aromatic N) is 5. The summed E-state index contributed by atoms with van der Waals surface area (Å²) < 4.78 is 0. The second-order valence-electron chi connectivity index (χ2n) is 11.5. The molecular weight excluding hydrogens is 571 g/mol. The topological polar surface area (TPSA) is 63.9 Å². The molecule has 0 bridgehead atoms. The number of aliphatic imine (C=N–C) groups is 1. The van der Waals surface area contributed by atoms with E-state index in [0.29, 0.717) is 5.25 Å². The zero-order chi connectivity index (χ0) is 29.7. The largest absolute Gasteiger partial charge is 0.259 e. The minimum atomic E-state index is 0.356. The van der Waals surface area contributed by atoms with Crippen molar-refractivity contribution in [2.45, 2.75) is 29.4 Å². The van der Waals surface area contributed by atoms with Gasteiger partial charge in [-0.15, -0.1) is 11.8 Å². The molecular formula is C39H27N5S. The predicted molar refractivity (Wildman–Crippen MR) is 186 cm³/mol. The Bertz CT molecular complexity index is 2280. The molecule has 214 valence electrons. The summed E-state index contributed by atoms with van der Waals surface area (Å²) >= 11 is 1.96. The molecule has 0 saturated carbocycles. The SMILES string of the molecule is C1=CC(c2cc(C3=CCCC=N3)nc(-c3ccccn3)c2)=C2c3cc(-c4ccc5ccc6cccnc6c5n4)ccc3SC2C1. The molecule has 3 aliphatic rings. The number of allylic oxidation sites excluding steroid dienone is 4. The Morgan fingerprint density at radius 3 is 2.44 bits per heavy atom. The maximum atomic E-state index is 5.15. The molecule has 6 heteroatoms. The molecule has 0 fully saturated rings. The molecule has 9 rings (SSSR count). The number of rotatable bonds is 4. The van der Waals surface area contributed by atoms with Crippen LogP contribution in [0.15, 0.2) is 125 Å². The van der Waals surface area contributed by atoms with Crippen molar-refractivity contribution in [3.05, 3.63) is 132 Å². The van der Waals surface area contributed by atoms with Crippen LogP contribution >= 0.6 is 11.8 Å². The molecule has 1 unspecified atom stereocenters. The lowest BCUT2D eigenvalue weighted by molar-refractivity contribution is 1.08. The van der Waals surface area contributed by atoms with Crippen molar-refractivity contribution >= 4 is 56.6 Å². The third-order valence-corrected chi connectivity index (χ3v) is 10.0. The lowest BCUT2D eigenvalue weighted by Gasteiger charge is -2.20. The van der Waals surface area contributed by atoms with Crippen molar-refractivity contribution in [2.24, 2.45) is 4.99 Å². The lowest BCUT2D eigenvalue weighted by Crippen LogP contribution is -2.06. The van der Waals surface area contributed by atoms with Gasteiger partial charge in [-0.2, -0.15) is 0 Å². The smallest absolute Gasteiger partial charge is 0.0972 e. The third kappa shape index (κ3) is 4.61. The fourth-order valence-corrected chi connectivity index (χ4v) is 7.88. The van der Waals surface area contributed by atoms with Gasteiger partial charge in [0.25, 0.3) is 0 Å². The molecule has 0 radical (unpaired) electrons. The van der Waals surface area contributed by atoms with Crippen LogP contribution in [0, 0.1) is 0 Å². The highest BCUT2D eigenvalue weighted by Gasteiger charge is 2.32. The summed E-state index contributed by atoms with van der Waals surface area (Å²) in [5.41, 5.74) is 12.5. The van der Waals surface area contributed by atoms with E-state index in [-0.39, 0.29) is 0 Å². The fraction of sp³-hybridized carbons (Fsp3) is 0.103. The van der Waals surface area contributed by atoms with E-state index in [1.54, 1.807) is 0 Å². The molecule has 1 aliphatic carbocycles. The van der Waals surface area contributed by atoms with Crippen LogP contribution in [0.3, 0.4) is 0 Å². The van der Waals surface area contributed by atoms with Crippen molar-refractivity contribution in [3.63, 3.8) is 0 Å². The van der Waals surface area contributed by atoms with Crippen LogP contribution in [0.2, 0.25) is 0 Å². The standard InChI is InChI=1S/C39H27N5S/c1-3-18-40-31(9-1)33-22-27(23-34(43-33)32-10-2-4-19-41-32)28-8-5-11-36-37(28)29-21-26(15-17-35(29)45-36)30-16-14-25-13-12-24-7-6-20-42-38(24)39(25)44-30/h1,3,5-10,12-23,36H,2,4,11H2. The average molecular weight is 598 g/mol. The molecule has 0 N–H and O–H groups in total. The molecule has 6 aromatic rings. The minimum Gasteiger partial charge on any atom is -0.259 e. The van der Waals surface area contributed by atoms with E-state index in [1.807, 2.05) is 54.6 Å². The van der Waals surface area contributed by atoms with Crippen LogP contribution in [0.5, 0.6) is 0 Å². The van der Waals surface area contributed by atoms with Crippen molar-refractivity contribution in [1.82, 2.24) is 19.9 Å². The first-order valence-electron chi connectivity index (χ1n) is 15.3. The molecule has 2 aromatic carbocycles. The molecule has 4 aromatic heterocycles. The zero-order valence-corrected chi connectivity index (χ0v) is 25.2. The number of aromatic nitrogens is 4. The summed E-state index contributed by atoms with van der Waals surface area (Å²) in [5.74, 6) is 0. The van der Waals surface area contributed by atoms with E-state index in [0.717, 1.165) is 80.7 Å². The molecule has 5 nitrogen and oxygen atoms in total.